The van der Waals surface area contributed by atoms with E-state index in [1.165, 1.54) is 12.1 Å². The second-order valence-corrected chi connectivity index (χ2v) is 8.56. The van der Waals surface area contributed by atoms with Crippen molar-refractivity contribution in [2.24, 2.45) is 0 Å². The fourth-order valence-corrected chi connectivity index (χ4v) is 5.02. The van der Waals surface area contributed by atoms with Gasteiger partial charge in [-0.05, 0) is 36.6 Å². The van der Waals surface area contributed by atoms with E-state index in [9.17, 15) is 31.4 Å². The van der Waals surface area contributed by atoms with Gasteiger partial charge in [0.1, 0.15) is 23.8 Å². The molecule has 2 aliphatic heterocycles. The van der Waals surface area contributed by atoms with Crippen molar-refractivity contribution >= 4 is 10.9 Å². The molecule has 5 rings (SSSR count). The number of halogens is 6. The third kappa shape index (κ3) is 3.88. The Morgan fingerprint density at radius 3 is 2.38 bits per heavy atom. The normalized spacial score (nSPS) is 23.9. The first-order chi connectivity index (χ1) is 16.1. The molecule has 2 saturated heterocycles. The standard InChI is InChI=1S/C24H20F6N2O2/c25-23(26,27)16-8-5-7-13-15(12-19(24(28,29)30)31-20(13)16)21-17-9-3-4-11-32(17)22(34-21)14-6-1-2-10-18(14)33/h1-2,5-8,10,12,17,21-22,33H,3-4,9,11H2/t17-,21+,22-/m0/s1. The highest BCUT2D eigenvalue weighted by molar-refractivity contribution is 5.86. The molecule has 0 radical (unpaired) electrons. The van der Waals surface area contributed by atoms with Crippen LogP contribution in [-0.2, 0) is 17.1 Å². The van der Waals surface area contributed by atoms with Crippen LogP contribution in [0.5, 0.6) is 5.75 Å². The number of phenolic OH excluding ortho intramolecular Hbond substituents is 1. The summed E-state index contributed by atoms with van der Waals surface area (Å²) in [5, 5.41) is 10.3. The van der Waals surface area contributed by atoms with E-state index in [4.69, 9.17) is 4.74 Å². The first-order valence-electron chi connectivity index (χ1n) is 10.8. The van der Waals surface area contributed by atoms with E-state index in [2.05, 4.69) is 4.98 Å². The summed E-state index contributed by atoms with van der Waals surface area (Å²) < 4.78 is 88.4. The Bertz CT molecular complexity index is 1230. The lowest BCUT2D eigenvalue weighted by Gasteiger charge is -2.33. The highest BCUT2D eigenvalue weighted by atomic mass is 19.4. The Morgan fingerprint density at radius 1 is 0.912 bits per heavy atom. The molecule has 0 bridgehead atoms. The molecule has 0 spiro atoms. The smallest absolute Gasteiger partial charge is 0.433 e. The van der Waals surface area contributed by atoms with Crippen molar-refractivity contribution in [1.82, 2.24) is 9.88 Å². The van der Waals surface area contributed by atoms with Crippen LogP contribution in [0.15, 0.2) is 48.5 Å². The van der Waals surface area contributed by atoms with E-state index in [0.29, 0.717) is 18.5 Å². The van der Waals surface area contributed by atoms with Gasteiger partial charge in [-0.3, -0.25) is 4.90 Å². The second-order valence-electron chi connectivity index (χ2n) is 8.56. The van der Waals surface area contributed by atoms with Crippen molar-refractivity contribution in [2.75, 3.05) is 6.54 Å². The zero-order chi connectivity index (χ0) is 24.3. The van der Waals surface area contributed by atoms with Crippen LogP contribution in [-0.4, -0.2) is 27.6 Å². The molecule has 4 nitrogen and oxygen atoms in total. The summed E-state index contributed by atoms with van der Waals surface area (Å²) in [6, 6.07) is 10.2. The van der Waals surface area contributed by atoms with Crippen LogP contribution >= 0.6 is 0 Å². The molecular formula is C24H20F6N2O2. The molecule has 2 aromatic carbocycles. The number of hydrogen-bond donors (Lipinski definition) is 1. The summed E-state index contributed by atoms with van der Waals surface area (Å²) >= 11 is 0. The molecule has 1 aromatic heterocycles. The number of hydrogen-bond acceptors (Lipinski definition) is 4. The maximum Gasteiger partial charge on any atom is 0.433 e. The zero-order valence-corrected chi connectivity index (χ0v) is 17.7. The van der Waals surface area contributed by atoms with Crippen LogP contribution in [0.2, 0.25) is 0 Å². The Balaban J connectivity index is 1.71. The summed E-state index contributed by atoms with van der Waals surface area (Å²) in [6.07, 6.45) is -9.25. The Morgan fingerprint density at radius 2 is 1.68 bits per heavy atom. The molecule has 3 aromatic rings. The Hall–Kier alpha value is -2.85. The van der Waals surface area contributed by atoms with Gasteiger partial charge in [0.05, 0.1) is 11.1 Å². The van der Waals surface area contributed by atoms with Crippen LogP contribution in [0.4, 0.5) is 26.3 Å². The predicted octanol–water partition coefficient (Wildman–Crippen LogP) is 6.60. The minimum atomic E-state index is -4.94. The molecule has 0 aliphatic carbocycles. The van der Waals surface area contributed by atoms with Gasteiger partial charge >= 0.3 is 12.4 Å². The molecule has 34 heavy (non-hydrogen) atoms. The molecule has 0 amide bonds. The SMILES string of the molecule is Oc1ccccc1[C@@H]1O[C@H](c2cc(C(F)(F)F)nc3c(C(F)(F)F)cccc23)[C@@H]2CCCCN12. The topological polar surface area (TPSA) is 45.6 Å². The van der Waals surface area contributed by atoms with Gasteiger partial charge in [-0.1, -0.05) is 36.8 Å². The van der Waals surface area contributed by atoms with Gasteiger partial charge in [0, 0.05) is 23.5 Å². The minimum Gasteiger partial charge on any atom is -0.508 e. The van der Waals surface area contributed by atoms with Gasteiger partial charge in [-0.15, -0.1) is 0 Å². The number of alkyl halides is 6. The number of para-hydroxylation sites is 2. The molecule has 2 aliphatic rings. The molecule has 2 fully saturated rings. The lowest BCUT2D eigenvalue weighted by Crippen LogP contribution is -2.38. The first kappa shape index (κ1) is 22.9. The van der Waals surface area contributed by atoms with Crippen molar-refractivity contribution in [1.29, 1.82) is 0 Å². The summed E-state index contributed by atoms with van der Waals surface area (Å²) in [7, 11) is 0. The van der Waals surface area contributed by atoms with Crippen molar-refractivity contribution in [2.45, 2.75) is 50.0 Å². The molecule has 0 saturated carbocycles. The Labute approximate surface area is 190 Å². The number of phenols is 1. The monoisotopic (exact) mass is 482 g/mol. The molecule has 10 heteroatoms. The maximum atomic E-state index is 13.7. The number of aromatic hydroxyl groups is 1. The van der Waals surface area contributed by atoms with E-state index < -0.39 is 41.5 Å². The van der Waals surface area contributed by atoms with Crippen molar-refractivity contribution < 1.29 is 36.2 Å². The number of pyridine rings is 1. The second kappa shape index (κ2) is 8.13. The molecule has 1 N–H and O–H groups in total. The van der Waals surface area contributed by atoms with E-state index in [1.54, 1.807) is 18.2 Å². The lowest BCUT2D eigenvalue weighted by molar-refractivity contribution is -0.142. The van der Waals surface area contributed by atoms with Gasteiger partial charge in [0.25, 0.3) is 0 Å². The van der Waals surface area contributed by atoms with Crippen LogP contribution < -0.4 is 0 Å². The van der Waals surface area contributed by atoms with Gasteiger partial charge in [0.15, 0.2) is 0 Å². The van der Waals surface area contributed by atoms with Crippen LogP contribution in [0, 0.1) is 0 Å². The summed E-state index contributed by atoms with van der Waals surface area (Å²) in [5.74, 6) is -0.0209. The summed E-state index contributed by atoms with van der Waals surface area (Å²) in [4.78, 5) is 5.35. The van der Waals surface area contributed by atoms with Crippen LogP contribution in [0.1, 0.15) is 54.0 Å². The minimum absolute atomic E-state index is 0.0123. The highest BCUT2D eigenvalue weighted by Gasteiger charge is 2.47. The van der Waals surface area contributed by atoms with E-state index in [-0.39, 0.29) is 22.7 Å². The average molecular weight is 482 g/mol. The summed E-state index contributed by atoms with van der Waals surface area (Å²) in [6.45, 7) is 0.586. The molecule has 3 atom stereocenters. The first-order valence-corrected chi connectivity index (χ1v) is 10.8. The van der Waals surface area contributed by atoms with Crippen molar-refractivity contribution in [3.05, 3.63) is 70.9 Å². The number of piperidine rings is 1. The van der Waals surface area contributed by atoms with E-state index in [0.717, 1.165) is 31.0 Å². The van der Waals surface area contributed by atoms with Gasteiger partial charge in [0.2, 0.25) is 0 Å². The number of ether oxygens (including phenoxy) is 1. The number of benzene rings is 2. The average Bonchev–Trinajstić information content (AvgIpc) is 3.16. The molecule has 3 heterocycles. The fraction of sp³-hybridized carbons (Fsp3) is 0.375. The van der Waals surface area contributed by atoms with Gasteiger partial charge in [-0.25, -0.2) is 4.98 Å². The third-order valence-electron chi connectivity index (χ3n) is 6.50. The maximum absolute atomic E-state index is 13.7. The molecular weight excluding hydrogens is 462 g/mol. The van der Waals surface area contributed by atoms with Crippen LogP contribution in [0.25, 0.3) is 10.9 Å². The van der Waals surface area contributed by atoms with E-state index >= 15 is 0 Å². The lowest BCUT2D eigenvalue weighted by atomic mass is 9.91. The Kier molecular flexibility index (Phi) is 5.48. The van der Waals surface area contributed by atoms with Crippen LogP contribution in [0.3, 0.4) is 0 Å². The number of aromatic nitrogens is 1. The van der Waals surface area contributed by atoms with Gasteiger partial charge in [-0.2, -0.15) is 26.3 Å². The highest BCUT2D eigenvalue weighted by Crippen LogP contribution is 2.50. The van der Waals surface area contributed by atoms with Crippen molar-refractivity contribution in [3.8, 4) is 5.75 Å². The third-order valence-corrected chi connectivity index (χ3v) is 6.50. The number of fused-ring (bicyclic) bond motifs is 2. The van der Waals surface area contributed by atoms with E-state index in [1.807, 2.05) is 4.90 Å². The van der Waals surface area contributed by atoms with Gasteiger partial charge < -0.3 is 9.84 Å². The fourth-order valence-electron chi connectivity index (χ4n) is 5.02. The van der Waals surface area contributed by atoms with Crippen molar-refractivity contribution in [3.63, 3.8) is 0 Å². The largest absolute Gasteiger partial charge is 0.508 e. The zero-order valence-electron chi connectivity index (χ0n) is 17.7. The molecule has 180 valence electrons. The quantitative estimate of drug-likeness (QED) is 0.418. The number of nitrogens with zero attached hydrogens (tertiary/aromatic N) is 2. The molecule has 0 unspecified atom stereocenters. The predicted molar refractivity (Wildman–Crippen MR) is 111 cm³/mol. The number of rotatable bonds is 2. The summed E-state index contributed by atoms with van der Waals surface area (Å²) in [5.41, 5.74) is -2.91.